The van der Waals surface area contributed by atoms with E-state index in [1.165, 1.54) is 7.11 Å². The Hall–Kier alpha value is -2.76. The molecule has 6 nitrogen and oxygen atoms in total. The Bertz CT molecular complexity index is 701. The molecule has 0 fully saturated rings. The molecule has 0 N–H and O–H groups in total. The van der Waals surface area contributed by atoms with Crippen LogP contribution in [0, 0.1) is 0 Å². The SMILES string of the molecule is COc1nccnc1N=Cc1cc2ccccn2n1. The van der Waals surface area contributed by atoms with Gasteiger partial charge in [0.2, 0.25) is 5.82 Å². The van der Waals surface area contributed by atoms with E-state index in [4.69, 9.17) is 4.74 Å². The summed E-state index contributed by atoms with van der Waals surface area (Å²) in [4.78, 5) is 12.4. The van der Waals surface area contributed by atoms with Crippen LogP contribution in [0.15, 0.2) is 47.8 Å². The van der Waals surface area contributed by atoms with Gasteiger partial charge in [0.1, 0.15) is 5.69 Å². The van der Waals surface area contributed by atoms with E-state index < -0.39 is 0 Å². The summed E-state index contributed by atoms with van der Waals surface area (Å²) < 4.78 is 6.87. The van der Waals surface area contributed by atoms with Gasteiger partial charge in [0, 0.05) is 18.6 Å². The van der Waals surface area contributed by atoms with E-state index in [-0.39, 0.29) is 0 Å². The molecule has 3 aromatic heterocycles. The third-order valence-corrected chi connectivity index (χ3v) is 2.55. The van der Waals surface area contributed by atoms with Gasteiger partial charge in [0.25, 0.3) is 5.88 Å². The second kappa shape index (κ2) is 4.85. The van der Waals surface area contributed by atoms with Crippen LogP contribution in [-0.4, -0.2) is 32.9 Å². The van der Waals surface area contributed by atoms with Gasteiger partial charge in [-0.1, -0.05) is 6.07 Å². The Morgan fingerprint density at radius 1 is 1.26 bits per heavy atom. The maximum atomic E-state index is 5.08. The highest BCUT2D eigenvalue weighted by Crippen LogP contribution is 2.19. The van der Waals surface area contributed by atoms with Gasteiger partial charge in [0.05, 0.1) is 18.8 Å². The summed E-state index contributed by atoms with van der Waals surface area (Å²) in [5.74, 6) is 0.824. The van der Waals surface area contributed by atoms with Crippen molar-refractivity contribution in [1.29, 1.82) is 0 Å². The average molecular weight is 253 g/mol. The molecule has 0 saturated heterocycles. The van der Waals surface area contributed by atoms with Gasteiger partial charge in [-0.3, -0.25) is 0 Å². The molecule has 0 radical (unpaired) electrons. The van der Waals surface area contributed by atoms with Crippen molar-refractivity contribution in [2.45, 2.75) is 0 Å². The first-order valence-electron chi connectivity index (χ1n) is 5.70. The van der Waals surface area contributed by atoms with Crippen LogP contribution in [0.25, 0.3) is 5.52 Å². The summed E-state index contributed by atoms with van der Waals surface area (Å²) in [6.07, 6.45) is 6.65. The lowest BCUT2D eigenvalue weighted by molar-refractivity contribution is 0.397. The molecular formula is C13H11N5O. The Balaban J connectivity index is 1.93. The summed E-state index contributed by atoms with van der Waals surface area (Å²) >= 11 is 0. The van der Waals surface area contributed by atoms with Gasteiger partial charge in [-0.25, -0.2) is 19.5 Å². The first-order valence-corrected chi connectivity index (χ1v) is 5.70. The molecule has 94 valence electrons. The smallest absolute Gasteiger partial charge is 0.259 e. The third-order valence-electron chi connectivity index (χ3n) is 2.55. The Morgan fingerprint density at radius 2 is 2.16 bits per heavy atom. The van der Waals surface area contributed by atoms with Crippen molar-refractivity contribution in [3.05, 3.63) is 48.5 Å². The quantitative estimate of drug-likeness (QED) is 0.668. The monoisotopic (exact) mass is 253 g/mol. The minimum Gasteiger partial charge on any atom is -0.478 e. The molecule has 3 rings (SSSR count). The average Bonchev–Trinajstić information content (AvgIpc) is 2.88. The van der Waals surface area contributed by atoms with Gasteiger partial charge >= 0.3 is 0 Å². The number of ether oxygens (including phenoxy) is 1. The molecule has 3 aromatic rings. The zero-order valence-corrected chi connectivity index (χ0v) is 10.3. The fraction of sp³-hybridized carbons (Fsp3) is 0.0769. The van der Waals surface area contributed by atoms with Crippen LogP contribution in [0.1, 0.15) is 5.69 Å². The lowest BCUT2D eigenvalue weighted by Crippen LogP contribution is -1.90. The normalized spacial score (nSPS) is 11.2. The minimum atomic E-state index is 0.391. The van der Waals surface area contributed by atoms with Crippen molar-refractivity contribution < 1.29 is 4.74 Å². The number of fused-ring (bicyclic) bond motifs is 1. The van der Waals surface area contributed by atoms with Crippen molar-refractivity contribution in [3.8, 4) is 5.88 Å². The highest BCUT2D eigenvalue weighted by atomic mass is 16.5. The van der Waals surface area contributed by atoms with Crippen molar-refractivity contribution in [1.82, 2.24) is 19.6 Å². The van der Waals surface area contributed by atoms with Crippen LogP contribution in [0.5, 0.6) is 5.88 Å². The number of hydrogen-bond donors (Lipinski definition) is 0. The zero-order chi connectivity index (χ0) is 13.1. The third kappa shape index (κ3) is 2.28. The van der Waals surface area contributed by atoms with Crippen LogP contribution >= 0.6 is 0 Å². The predicted molar refractivity (Wildman–Crippen MR) is 71.0 cm³/mol. The number of hydrogen-bond acceptors (Lipinski definition) is 5. The molecule has 19 heavy (non-hydrogen) atoms. The van der Waals surface area contributed by atoms with Gasteiger partial charge in [-0.2, -0.15) is 5.10 Å². The maximum Gasteiger partial charge on any atom is 0.259 e. The van der Waals surface area contributed by atoms with Gasteiger partial charge in [-0.15, -0.1) is 0 Å². The molecule has 3 heterocycles. The van der Waals surface area contributed by atoms with Crippen LogP contribution in [0.4, 0.5) is 5.82 Å². The van der Waals surface area contributed by atoms with E-state index >= 15 is 0 Å². The van der Waals surface area contributed by atoms with Crippen LogP contribution < -0.4 is 4.74 Å². The molecule has 0 spiro atoms. The summed E-state index contributed by atoms with van der Waals surface area (Å²) in [5.41, 5.74) is 1.76. The Kier molecular flexibility index (Phi) is 2.89. The number of methoxy groups -OCH3 is 1. The van der Waals surface area contributed by atoms with Crippen LogP contribution in [0.2, 0.25) is 0 Å². The lowest BCUT2D eigenvalue weighted by Gasteiger charge is -1.99. The summed E-state index contributed by atoms with van der Waals surface area (Å²) in [6.45, 7) is 0. The van der Waals surface area contributed by atoms with E-state index in [0.717, 1.165) is 11.2 Å². The molecule has 0 unspecified atom stereocenters. The van der Waals surface area contributed by atoms with Crippen LogP contribution in [0.3, 0.4) is 0 Å². The number of pyridine rings is 1. The summed E-state index contributed by atoms with van der Waals surface area (Å²) in [5, 5.41) is 4.36. The Labute approximate surface area is 109 Å². The molecule has 0 atom stereocenters. The van der Waals surface area contributed by atoms with E-state index in [0.29, 0.717) is 11.7 Å². The maximum absolute atomic E-state index is 5.08. The summed E-state index contributed by atoms with van der Waals surface area (Å²) in [7, 11) is 1.54. The highest BCUT2D eigenvalue weighted by Gasteiger charge is 2.03. The largest absolute Gasteiger partial charge is 0.478 e. The van der Waals surface area contributed by atoms with Crippen molar-refractivity contribution >= 4 is 17.5 Å². The first kappa shape index (κ1) is 11.3. The second-order valence-electron chi connectivity index (χ2n) is 3.79. The molecule has 0 saturated carbocycles. The number of aliphatic imine (C=N–C) groups is 1. The first-order chi connectivity index (χ1) is 9.36. The highest BCUT2D eigenvalue weighted by molar-refractivity contribution is 5.81. The zero-order valence-electron chi connectivity index (χ0n) is 10.3. The molecule has 6 heteroatoms. The van der Waals surface area contributed by atoms with Crippen molar-refractivity contribution in [2.24, 2.45) is 4.99 Å². The van der Waals surface area contributed by atoms with Gasteiger partial charge < -0.3 is 4.74 Å². The molecule has 0 aliphatic heterocycles. The number of nitrogens with zero attached hydrogens (tertiary/aromatic N) is 5. The van der Waals surface area contributed by atoms with E-state index in [9.17, 15) is 0 Å². The number of aromatic nitrogens is 4. The van der Waals surface area contributed by atoms with Crippen LogP contribution in [-0.2, 0) is 0 Å². The molecule has 0 bridgehead atoms. The molecular weight excluding hydrogens is 242 g/mol. The molecule has 0 amide bonds. The lowest BCUT2D eigenvalue weighted by atomic mass is 10.4. The number of rotatable bonds is 3. The Morgan fingerprint density at radius 3 is 3.00 bits per heavy atom. The topological polar surface area (TPSA) is 64.7 Å². The fourth-order valence-electron chi connectivity index (χ4n) is 1.70. The predicted octanol–water partition coefficient (Wildman–Crippen LogP) is 1.88. The van der Waals surface area contributed by atoms with Crippen molar-refractivity contribution in [3.63, 3.8) is 0 Å². The second-order valence-corrected chi connectivity index (χ2v) is 3.79. The molecule has 0 aliphatic carbocycles. The van der Waals surface area contributed by atoms with Crippen molar-refractivity contribution in [2.75, 3.05) is 7.11 Å². The standard InChI is InChI=1S/C13H11N5O/c1-19-13-12(14-5-6-15-13)16-9-10-8-11-4-2-3-7-18(11)17-10/h2-9H,1H3. The van der Waals surface area contributed by atoms with Gasteiger partial charge in [0.15, 0.2) is 0 Å². The van der Waals surface area contributed by atoms with Gasteiger partial charge in [-0.05, 0) is 18.2 Å². The molecule has 0 aromatic carbocycles. The summed E-state index contributed by atoms with van der Waals surface area (Å²) in [6, 6.07) is 7.80. The molecule has 0 aliphatic rings. The van der Waals surface area contributed by atoms with E-state index in [1.54, 1.807) is 23.1 Å². The minimum absolute atomic E-state index is 0.391. The van der Waals surface area contributed by atoms with E-state index in [2.05, 4.69) is 20.1 Å². The van der Waals surface area contributed by atoms with E-state index in [1.807, 2.05) is 30.5 Å². The fourth-order valence-corrected chi connectivity index (χ4v) is 1.70.